The van der Waals surface area contributed by atoms with Gasteiger partial charge in [-0.1, -0.05) is 30.3 Å². The molecule has 4 aromatic rings. The molecule has 0 bridgehead atoms. The minimum atomic E-state index is -0.00879. The van der Waals surface area contributed by atoms with Crippen LogP contribution < -0.4 is 9.47 Å². The van der Waals surface area contributed by atoms with Crippen LogP contribution in [0.5, 0.6) is 11.5 Å². The Hall–Kier alpha value is -4.06. The Morgan fingerprint density at radius 1 is 1.03 bits per heavy atom. The van der Waals surface area contributed by atoms with E-state index in [1.54, 1.807) is 26.5 Å². The van der Waals surface area contributed by atoms with E-state index in [4.69, 9.17) is 9.47 Å². The summed E-state index contributed by atoms with van der Waals surface area (Å²) in [4.78, 5) is 19.4. The Morgan fingerprint density at radius 3 is 2.50 bits per heavy atom. The second-order valence-corrected chi connectivity index (χ2v) is 8.40. The Morgan fingerprint density at radius 2 is 1.76 bits per heavy atom. The van der Waals surface area contributed by atoms with Gasteiger partial charge in [0.25, 0.3) is 0 Å². The second kappa shape index (κ2) is 9.06. The number of benzene rings is 2. The van der Waals surface area contributed by atoms with Crippen molar-refractivity contribution >= 4 is 22.9 Å². The van der Waals surface area contributed by atoms with Crippen LogP contribution in [0.1, 0.15) is 16.7 Å². The van der Waals surface area contributed by atoms with Crippen LogP contribution in [-0.2, 0) is 24.8 Å². The summed E-state index contributed by atoms with van der Waals surface area (Å²) in [6.45, 7) is 1.21. The van der Waals surface area contributed by atoms with E-state index in [1.165, 1.54) is 5.56 Å². The van der Waals surface area contributed by atoms with Crippen LogP contribution in [-0.4, -0.2) is 41.1 Å². The molecule has 0 aliphatic carbocycles. The summed E-state index contributed by atoms with van der Waals surface area (Å²) in [7, 11) is 5.30. The quantitative estimate of drug-likeness (QED) is 0.405. The van der Waals surface area contributed by atoms with Gasteiger partial charge in [-0.15, -0.1) is 0 Å². The van der Waals surface area contributed by atoms with Crippen LogP contribution >= 0.6 is 0 Å². The summed E-state index contributed by atoms with van der Waals surface area (Å²) in [5.41, 5.74) is 6.49. The normalized spacial score (nSPS) is 13.3. The van der Waals surface area contributed by atoms with Crippen LogP contribution in [0.3, 0.4) is 0 Å². The molecule has 2 aromatic carbocycles. The standard InChI is InChI=1S/C28H27N3O3/c1-30-24-17-29-13-11-22(24)23(28(30)19-7-5-4-6-8-19)9-10-27(32)31-14-12-20-15-25(33-2)26(34-3)16-21(20)18-31/h4-11,13,15-17H,12,14,18H2,1-3H3/b10-9+. The number of hydrogen-bond donors (Lipinski definition) is 0. The molecule has 172 valence electrons. The summed E-state index contributed by atoms with van der Waals surface area (Å²) in [5.74, 6) is 1.40. The van der Waals surface area contributed by atoms with E-state index in [0.717, 1.165) is 45.5 Å². The lowest BCUT2D eigenvalue weighted by molar-refractivity contribution is -0.126. The molecule has 34 heavy (non-hydrogen) atoms. The lowest BCUT2D eigenvalue weighted by atomic mass is 9.98. The maximum absolute atomic E-state index is 13.2. The van der Waals surface area contributed by atoms with Crippen molar-refractivity contribution in [2.24, 2.45) is 7.05 Å². The average Bonchev–Trinajstić information content (AvgIpc) is 3.18. The molecule has 6 nitrogen and oxygen atoms in total. The minimum absolute atomic E-state index is 0.00879. The lowest BCUT2D eigenvalue weighted by Gasteiger charge is -2.28. The van der Waals surface area contributed by atoms with E-state index in [0.29, 0.717) is 18.8 Å². The Bertz CT molecular complexity index is 1390. The average molecular weight is 454 g/mol. The van der Waals surface area contributed by atoms with Crippen molar-refractivity contribution in [2.75, 3.05) is 20.8 Å². The third-order valence-corrected chi connectivity index (χ3v) is 6.51. The van der Waals surface area contributed by atoms with E-state index in [1.807, 2.05) is 60.6 Å². The fourth-order valence-corrected chi connectivity index (χ4v) is 4.76. The fraction of sp³-hybridized carbons (Fsp3) is 0.214. The van der Waals surface area contributed by atoms with Gasteiger partial charge in [-0.25, -0.2) is 0 Å². The zero-order valence-electron chi connectivity index (χ0n) is 19.6. The monoisotopic (exact) mass is 453 g/mol. The van der Waals surface area contributed by atoms with Gasteiger partial charge in [0.2, 0.25) is 5.91 Å². The molecule has 0 saturated heterocycles. The second-order valence-electron chi connectivity index (χ2n) is 8.40. The highest BCUT2D eigenvalue weighted by molar-refractivity contribution is 6.01. The van der Waals surface area contributed by atoms with Gasteiger partial charge < -0.3 is 18.9 Å². The molecule has 0 unspecified atom stereocenters. The van der Waals surface area contributed by atoms with Crippen LogP contribution in [0.25, 0.3) is 28.2 Å². The minimum Gasteiger partial charge on any atom is -0.493 e. The SMILES string of the molecule is COc1cc2c(cc1OC)CN(C(=O)/C=C/c1c(-c3ccccc3)n(C)c3cnccc13)CC2. The van der Waals surface area contributed by atoms with Crippen molar-refractivity contribution in [1.29, 1.82) is 0 Å². The molecule has 0 N–H and O–H groups in total. The molecule has 6 heteroatoms. The lowest BCUT2D eigenvalue weighted by Crippen LogP contribution is -2.34. The summed E-state index contributed by atoms with van der Waals surface area (Å²) < 4.78 is 13.0. The molecule has 0 saturated carbocycles. The maximum atomic E-state index is 13.2. The number of aromatic nitrogens is 2. The van der Waals surface area contributed by atoms with Gasteiger partial charge in [0.1, 0.15) is 0 Å². The zero-order valence-corrected chi connectivity index (χ0v) is 19.6. The van der Waals surface area contributed by atoms with Crippen LogP contribution in [0.4, 0.5) is 0 Å². The number of amides is 1. The van der Waals surface area contributed by atoms with Gasteiger partial charge in [0, 0.05) is 43.4 Å². The molecule has 3 heterocycles. The molecule has 0 fully saturated rings. The van der Waals surface area contributed by atoms with Crippen molar-refractivity contribution in [3.8, 4) is 22.8 Å². The molecule has 1 aliphatic heterocycles. The highest BCUT2D eigenvalue weighted by Gasteiger charge is 2.22. The first kappa shape index (κ1) is 21.8. The molecule has 1 aliphatic rings. The first-order valence-corrected chi connectivity index (χ1v) is 11.3. The van der Waals surface area contributed by atoms with Crippen LogP contribution in [0.15, 0.2) is 67.0 Å². The fourth-order valence-electron chi connectivity index (χ4n) is 4.76. The van der Waals surface area contributed by atoms with E-state index >= 15 is 0 Å². The van der Waals surface area contributed by atoms with Crippen molar-refractivity contribution in [2.45, 2.75) is 13.0 Å². The molecular weight excluding hydrogens is 426 g/mol. The van der Waals surface area contributed by atoms with Crippen molar-refractivity contribution in [3.05, 3.63) is 83.7 Å². The summed E-state index contributed by atoms with van der Waals surface area (Å²) >= 11 is 0. The first-order chi connectivity index (χ1) is 16.6. The van der Waals surface area contributed by atoms with Gasteiger partial charge in [-0.3, -0.25) is 9.78 Å². The molecule has 1 amide bonds. The summed E-state index contributed by atoms with van der Waals surface area (Å²) in [6.07, 6.45) is 8.07. The smallest absolute Gasteiger partial charge is 0.246 e. The number of aryl methyl sites for hydroxylation is 1. The van der Waals surface area contributed by atoms with Gasteiger partial charge in [0.05, 0.1) is 31.6 Å². The van der Waals surface area contributed by atoms with Gasteiger partial charge in [0.15, 0.2) is 11.5 Å². The van der Waals surface area contributed by atoms with Gasteiger partial charge >= 0.3 is 0 Å². The number of carbonyl (C=O) groups is 1. The Labute approximate surface area is 199 Å². The maximum Gasteiger partial charge on any atom is 0.246 e. The third-order valence-electron chi connectivity index (χ3n) is 6.51. The molecular formula is C28H27N3O3. The number of ether oxygens (including phenoxy) is 2. The topological polar surface area (TPSA) is 56.6 Å². The number of nitrogens with zero attached hydrogens (tertiary/aromatic N) is 3. The van der Waals surface area contributed by atoms with Crippen LogP contribution in [0.2, 0.25) is 0 Å². The third kappa shape index (κ3) is 3.81. The van der Waals surface area contributed by atoms with E-state index in [2.05, 4.69) is 21.7 Å². The number of rotatable bonds is 5. The largest absolute Gasteiger partial charge is 0.493 e. The Kier molecular flexibility index (Phi) is 5.80. The van der Waals surface area contributed by atoms with E-state index < -0.39 is 0 Å². The molecule has 0 spiro atoms. The van der Waals surface area contributed by atoms with Crippen molar-refractivity contribution in [1.82, 2.24) is 14.5 Å². The number of carbonyl (C=O) groups excluding carboxylic acids is 1. The van der Waals surface area contributed by atoms with E-state index in [9.17, 15) is 4.79 Å². The summed E-state index contributed by atoms with van der Waals surface area (Å²) in [6, 6.07) is 16.2. The van der Waals surface area contributed by atoms with E-state index in [-0.39, 0.29) is 5.91 Å². The predicted octanol–water partition coefficient (Wildman–Crippen LogP) is 4.86. The van der Waals surface area contributed by atoms with Crippen molar-refractivity contribution in [3.63, 3.8) is 0 Å². The predicted molar refractivity (Wildman–Crippen MR) is 134 cm³/mol. The van der Waals surface area contributed by atoms with Gasteiger partial charge in [-0.05, 0) is 47.4 Å². The molecule has 0 radical (unpaired) electrons. The van der Waals surface area contributed by atoms with Gasteiger partial charge in [-0.2, -0.15) is 0 Å². The molecule has 5 rings (SSSR count). The summed E-state index contributed by atoms with van der Waals surface area (Å²) in [5, 5.41) is 1.07. The number of pyridine rings is 1. The van der Waals surface area contributed by atoms with Crippen LogP contribution in [0, 0.1) is 0 Å². The number of fused-ring (bicyclic) bond motifs is 2. The van der Waals surface area contributed by atoms with Crippen molar-refractivity contribution < 1.29 is 14.3 Å². The number of methoxy groups -OCH3 is 2. The molecule has 0 atom stereocenters. The number of hydrogen-bond acceptors (Lipinski definition) is 4. The highest BCUT2D eigenvalue weighted by Crippen LogP contribution is 2.35. The first-order valence-electron chi connectivity index (χ1n) is 11.3. The Balaban J connectivity index is 1.46. The molecule has 2 aromatic heterocycles. The highest BCUT2D eigenvalue weighted by atomic mass is 16.5. The zero-order chi connectivity index (χ0) is 23.7.